The van der Waals surface area contributed by atoms with Crippen molar-refractivity contribution in [2.45, 2.75) is 12.6 Å². The van der Waals surface area contributed by atoms with E-state index in [0.717, 1.165) is 16.7 Å². The quantitative estimate of drug-likeness (QED) is 0.887. The molecule has 1 heterocycles. The highest BCUT2D eigenvalue weighted by molar-refractivity contribution is 6.31. The molecule has 1 aliphatic rings. The molecule has 1 unspecified atom stereocenters. The van der Waals surface area contributed by atoms with E-state index < -0.39 is 11.5 Å². The van der Waals surface area contributed by atoms with Gasteiger partial charge in [0.05, 0.1) is 5.02 Å². The van der Waals surface area contributed by atoms with Gasteiger partial charge in [0.25, 0.3) is 0 Å². The molecule has 0 bridgehead atoms. The fraction of sp³-hybridized carbons (Fsp3) is 0.188. The highest BCUT2D eigenvalue weighted by atomic mass is 35.5. The number of guanidine groups is 1. The molecule has 1 saturated heterocycles. The van der Waals surface area contributed by atoms with Crippen molar-refractivity contribution in [3.05, 3.63) is 58.9 Å². The minimum absolute atomic E-state index is 0.0888. The van der Waals surface area contributed by atoms with Gasteiger partial charge < -0.3 is 5.32 Å². The predicted molar refractivity (Wildman–Crippen MR) is 83.9 cm³/mol. The Labute approximate surface area is 132 Å². The molecule has 0 amide bonds. The molecule has 1 atom stereocenters. The van der Waals surface area contributed by atoms with Crippen molar-refractivity contribution in [1.82, 2.24) is 10.4 Å². The van der Waals surface area contributed by atoms with E-state index in [9.17, 15) is 4.39 Å². The van der Waals surface area contributed by atoms with Crippen molar-refractivity contribution < 1.29 is 9.23 Å². The third kappa shape index (κ3) is 2.53. The van der Waals surface area contributed by atoms with Crippen LogP contribution in [0.1, 0.15) is 12.5 Å². The lowest BCUT2D eigenvalue weighted by atomic mass is 9.98. The van der Waals surface area contributed by atoms with Crippen molar-refractivity contribution >= 4 is 17.6 Å². The van der Waals surface area contributed by atoms with Crippen LogP contribution in [0.5, 0.6) is 0 Å². The Hall–Kier alpha value is -2.11. The zero-order valence-corrected chi connectivity index (χ0v) is 12.9. The number of nitrogens with one attached hydrogen (secondary N) is 2. The largest absolute Gasteiger partial charge is 0.321 e. The third-order valence-electron chi connectivity index (χ3n) is 3.66. The normalized spacial score (nSPS) is 21.1. The molecule has 1 aliphatic heterocycles. The van der Waals surface area contributed by atoms with Gasteiger partial charge in [-0.1, -0.05) is 35.9 Å². The topological polar surface area (TPSA) is 48.4 Å². The summed E-state index contributed by atoms with van der Waals surface area (Å²) in [7, 11) is 1.67. The lowest BCUT2D eigenvalue weighted by Crippen LogP contribution is -2.36. The first kappa shape index (κ1) is 14.8. The summed E-state index contributed by atoms with van der Waals surface area (Å²) in [6.45, 7) is 1.85. The summed E-state index contributed by atoms with van der Waals surface area (Å²) < 4.78 is 13.3. The molecule has 0 radical (unpaired) electrons. The van der Waals surface area contributed by atoms with E-state index in [2.05, 4.69) is 5.32 Å². The van der Waals surface area contributed by atoms with E-state index in [1.54, 1.807) is 19.2 Å². The molecular formula is C16H15ClFN3O. The number of halogens is 2. The molecule has 4 nitrogen and oxygen atoms in total. The first-order valence-corrected chi connectivity index (χ1v) is 7.12. The van der Waals surface area contributed by atoms with Crippen LogP contribution in [-0.4, -0.2) is 18.1 Å². The fourth-order valence-corrected chi connectivity index (χ4v) is 2.62. The average molecular weight is 320 g/mol. The number of hydrogen-bond donors (Lipinski definition) is 2. The Morgan fingerprint density at radius 3 is 2.59 bits per heavy atom. The number of hydroxylamine groups is 2. The monoisotopic (exact) mass is 319 g/mol. The maximum Gasteiger partial charge on any atom is 0.217 e. The summed E-state index contributed by atoms with van der Waals surface area (Å²) in [6.07, 6.45) is 0. The SMILES string of the molecule is CN1OC(C)(c2cccc(-c3ccc(F)c(Cl)c3)c2)NC1=N. The van der Waals surface area contributed by atoms with Crippen molar-refractivity contribution in [2.24, 2.45) is 0 Å². The van der Waals surface area contributed by atoms with Crippen molar-refractivity contribution in [1.29, 1.82) is 5.41 Å². The standard InChI is InChI=1S/C16H15ClFN3O/c1-16(20-15(19)21(2)22-16)12-5-3-4-10(8-12)11-6-7-14(18)13(17)9-11/h3-9H,1-2H3,(H2,19,20). The van der Waals surface area contributed by atoms with Crippen LogP contribution in [0.3, 0.4) is 0 Å². The van der Waals surface area contributed by atoms with Crippen LogP contribution in [0.2, 0.25) is 5.02 Å². The molecule has 1 fully saturated rings. The van der Waals surface area contributed by atoms with E-state index >= 15 is 0 Å². The van der Waals surface area contributed by atoms with E-state index in [-0.39, 0.29) is 11.0 Å². The van der Waals surface area contributed by atoms with Crippen LogP contribution < -0.4 is 5.32 Å². The number of hydrogen-bond acceptors (Lipinski definition) is 2. The molecule has 0 spiro atoms. The maximum absolute atomic E-state index is 13.3. The van der Waals surface area contributed by atoms with Crippen LogP contribution in [0.15, 0.2) is 42.5 Å². The second kappa shape index (κ2) is 5.26. The highest BCUT2D eigenvalue weighted by Gasteiger charge is 2.38. The van der Waals surface area contributed by atoms with Gasteiger partial charge in [-0.05, 0) is 36.2 Å². The van der Waals surface area contributed by atoms with Gasteiger partial charge in [0.2, 0.25) is 5.96 Å². The number of rotatable bonds is 2. The molecule has 3 rings (SSSR count). The lowest BCUT2D eigenvalue weighted by molar-refractivity contribution is -0.161. The number of benzene rings is 2. The van der Waals surface area contributed by atoms with Gasteiger partial charge in [-0.2, -0.15) is 0 Å². The van der Waals surface area contributed by atoms with Crippen LogP contribution in [-0.2, 0) is 10.6 Å². The summed E-state index contributed by atoms with van der Waals surface area (Å²) in [5.74, 6) is -0.248. The zero-order chi connectivity index (χ0) is 15.9. The Balaban J connectivity index is 1.99. The highest BCUT2D eigenvalue weighted by Crippen LogP contribution is 2.32. The first-order chi connectivity index (χ1) is 10.4. The minimum atomic E-state index is -0.814. The molecule has 2 aromatic carbocycles. The second-order valence-electron chi connectivity index (χ2n) is 5.31. The molecule has 6 heteroatoms. The van der Waals surface area contributed by atoms with Crippen molar-refractivity contribution in [2.75, 3.05) is 7.05 Å². The Morgan fingerprint density at radius 2 is 1.95 bits per heavy atom. The minimum Gasteiger partial charge on any atom is -0.321 e. The predicted octanol–water partition coefficient (Wildman–Crippen LogP) is 3.72. The summed E-state index contributed by atoms with van der Waals surface area (Å²) in [6, 6.07) is 12.3. The van der Waals surface area contributed by atoms with E-state index in [1.807, 2.05) is 31.2 Å². The van der Waals surface area contributed by atoms with Gasteiger partial charge in [-0.25, -0.2) is 14.3 Å². The summed E-state index contributed by atoms with van der Waals surface area (Å²) in [5.41, 5.74) is 1.76. The average Bonchev–Trinajstić information content (AvgIpc) is 2.76. The molecule has 0 aliphatic carbocycles. The smallest absolute Gasteiger partial charge is 0.217 e. The summed E-state index contributed by atoms with van der Waals surface area (Å²) in [4.78, 5) is 5.69. The fourth-order valence-electron chi connectivity index (χ4n) is 2.44. The maximum atomic E-state index is 13.3. The van der Waals surface area contributed by atoms with Crippen LogP contribution in [0.4, 0.5) is 4.39 Å². The van der Waals surface area contributed by atoms with E-state index in [1.165, 1.54) is 11.1 Å². The molecule has 0 saturated carbocycles. The molecular weight excluding hydrogens is 305 g/mol. The van der Waals surface area contributed by atoms with Gasteiger partial charge in [-0.15, -0.1) is 0 Å². The van der Waals surface area contributed by atoms with Crippen LogP contribution in [0.25, 0.3) is 11.1 Å². The molecule has 22 heavy (non-hydrogen) atoms. The van der Waals surface area contributed by atoms with Gasteiger partial charge in [0, 0.05) is 12.6 Å². The van der Waals surface area contributed by atoms with Crippen LogP contribution in [0, 0.1) is 11.2 Å². The number of nitrogens with zero attached hydrogens (tertiary/aromatic N) is 1. The molecule has 0 aromatic heterocycles. The van der Waals surface area contributed by atoms with Crippen molar-refractivity contribution in [3.63, 3.8) is 0 Å². The third-order valence-corrected chi connectivity index (χ3v) is 3.95. The van der Waals surface area contributed by atoms with Crippen molar-refractivity contribution in [3.8, 4) is 11.1 Å². The Bertz CT molecular complexity index is 752. The van der Waals surface area contributed by atoms with E-state index in [4.69, 9.17) is 21.8 Å². The Morgan fingerprint density at radius 1 is 1.23 bits per heavy atom. The zero-order valence-electron chi connectivity index (χ0n) is 12.2. The van der Waals surface area contributed by atoms with Gasteiger partial charge >= 0.3 is 0 Å². The Kier molecular flexibility index (Phi) is 3.54. The molecule has 114 valence electrons. The van der Waals surface area contributed by atoms with Gasteiger partial charge in [-0.3, -0.25) is 5.41 Å². The second-order valence-corrected chi connectivity index (χ2v) is 5.71. The lowest BCUT2D eigenvalue weighted by Gasteiger charge is -2.23. The van der Waals surface area contributed by atoms with Crippen LogP contribution >= 0.6 is 11.6 Å². The molecule has 2 aromatic rings. The summed E-state index contributed by atoms with van der Waals surface area (Å²) in [5, 5.41) is 12.2. The first-order valence-electron chi connectivity index (χ1n) is 6.74. The van der Waals surface area contributed by atoms with E-state index in [0.29, 0.717) is 0 Å². The summed E-state index contributed by atoms with van der Waals surface area (Å²) >= 11 is 5.85. The molecule has 2 N–H and O–H groups in total. The van der Waals surface area contributed by atoms with Gasteiger partial charge in [0.1, 0.15) is 5.82 Å². The van der Waals surface area contributed by atoms with Gasteiger partial charge in [0.15, 0.2) is 5.72 Å².